The lowest BCUT2D eigenvalue weighted by Crippen LogP contribution is -2.06. The Hall–Kier alpha value is -3.75. The molecule has 0 aromatic heterocycles. The van der Waals surface area contributed by atoms with Gasteiger partial charge in [-0.25, -0.2) is 0 Å². The van der Waals surface area contributed by atoms with Crippen LogP contribution in [-0.4, -0.2) is 62.7 Å². The van der Waals surface area contributed by atoms with E-state index in [0.29, 0.717) is 34.3 Å². The van der Waals surface area contributed by atoms with E-state index in [2.05, 4.69) is 0 Å². The van der Waals surface area contributed by atoms with Gasteiger partial charge in [-0.1, -0.05) is 0 Å². The average Bonchev–Trinajstić information content (AvgIpc) is 2.84. The SMILES string of the molecule is COc1cc(C=CC(=O)c2c(OC)cc(OC)c(OC)c2OC)c(OC)c(OC)c1OC. The molecule has 0 aliphatic rings. The van der Waals surface area contributed by atoms with E-state index in [-0.39, 0.29) is 22.8 Å². The highest BCUT2D eigenvalue weighted by molar-refractivity contribution is 6.11. The van der Waals surface area contributed by atoms with E-state index in [9.17, 15) is 4.79 Å². The summed E-state index contributed by atoms with van der Waals surface area (Å²) in [6.45, 7) is 0. The van der Waals surface area contributed by atoms with Crippen molar-refractivity contribution in [2.24, 2.45) is 0 Å². The summed E-state index contributed by atoms with van der Waals surface area (Å²) in [5.41, 5.74) is 0.712. The molecule has 9 nitrogen and oxygen atoms in total. The summed E-state index contributed by atoms with van der Waals surface area (Å²) >= 11 is 0. The second-order valence-corrected chi connectivity index (χ2v) is 6.19. The van der Waals surface area contributed by atoms with Gasteiger partial charge in [0, 0.05) is 11.6 Å². The second-order valence-electron chi connectivity index (χ2n) is 6.19. The van der Waals surface area contributed by atoms with Crippen LogP contribution in [-0.2, 0) is 0 Å². The van der Waals surface area contributed by atoms with Crippen LogP contribution in [0.4, 0.5) is 0 Å². The summed E-state index contributed by atoms with van der Waals surface area (Å²) in [4.78, 5) is 13.2. The molecule has 0 unspecified atom stereocenters. The van der Waals surface area contributed by atoms with Crippen LogP contribution in [0.15, 0.2) is 18.2 Å². The Kier molecular flexibility index (Phi) is 8.46. The summed E-state index contributed by atoms with van der Waals surface area (Å²) < 4.78 is 43.3. The number of benzene rings is 2. The van der Waals surface area contributed by atoms with E-state index >= 15 is 0 Å². The molecule has 0 bridgehead atoms. The number of hydrogen-bond donors (Lipinski definition) is 0. The minimum atomic E-state index is -0.393. The summed E-state index contributed by atoms with van der Waals surface area (Å²) in [7, 11) is 11.8. The van der Waals surface area contributed by atoms with Crippen molar-refractivity contribution in [1.29, 1.82) is 0 Å². The maximum Gasteiger partial charge on any atom is 0.207 e. The van der Waals surface area contributed by atoms with Crippen LogP contribution in [0.2, 0.25) is 0 Å². The zero-order valence-electron chi connectivity index (χ0n) is 19.5. The number of allylic oxidation sites excluding steroid dienone is 1. The third kappa shape index (κ3) is 4.46. The number of rotatable bonds is 11. The third-order valence-electron chi connectivity index (χ3n) is 4.69. The van der Waals surface area contributed by atoms with Gasteiger partial charge >= 0.3 is 0 Å². The summed E-state index contributed by atoms with van der Waals surface area (Å²) in [6.07, 6.45) is 2.93. The predicted octanol–water partition coefficient (Wildman–Crippen LogP) is 3.65. The number of methoxy groups -OCH3 is 8. The van der Waals surface area contributed by atoms with Gasteiger partial charge in [-0.3, -0.25) is 4.79 Å². The highest BCUT2D eigenvalue weighted by Gasteiger charge is 2.26. The van der Waals surface area contributed by atoms with Gasteiger partial charge in [0.25, 0.3) is 0 Å². The molecule has 0 amide bonds. The molecule has 174 valence electrons. The first-order valence-electron chi connectivity index (χ1n) is 9.42. The molecule has 2 rings (SSSR count). The molecule has 0 spiro atoms. The lowest BCUT2D eigenvalue weighted by molar-refractivity contribution is 0.104. The highest BCUT2D eigenvalue weighted by Crippen LogP contribution is 2.48. The molecular weight excluding hydrogens is 420 g/mol. The standard InChI is InChI=1S/C23H28O9/c1-25-15-12-17(27-3)20(29-5)22(31-7)18(15)14(24)10-9-13-11-16(26-2)21(30-6)23(32-8)19(13)28-4/h9-12H,1-8H3. The smallest absolute Gasteiger partial charge is 0.207 e. The fraction of sp³-hybridized carbons (Fsp3) is 0.348. The lowest BCUT2D eigenvalue weighted by Gasteiger charge is -2.18. The Labute approximate surface area is 187 Å². The Bertz CT molecular complexity index is 996. The molecule has 0 fully saturated rings. The van der Waals surface area contributed by atoms with E-state index in [1.165, 1.54) is 63.0 Å². The molecule has 0 N–H and O–H groups in total. The van der Waals surface area contributed by atoms with Crippen LogP contribution in [0, 0.1) is 0 Å². The zero-order valence-corrected chi connectivity index (χ0v) is 19.5. The molecule has 0 saturated heterocycles. The minimum Gasteiger partial charge on any atom is -0.496 e. The molecule has 0 aliphatic carbocycles. The van der Waals surface area contributed by atoms with Crippen LogP contribution in [0.5, 0.6) is 46.0 Å². The van der Waals surface area contributed by atoms with Gasteiger partial charge < -0.3 is 37.9 Å². The summed E-state index contributed by atoms with van der Waals surface area (Å²) in [6, 6.07) is 3.23. The van der Waals surface area contributed by atoms with Crippen LogP contribution >= 0.6 is 0 Å². The fourth-order valence-corrected chi connectivity index (χ4v) is 3.26. The van der Waals surface area contributed by atoms with Crippen LogP contribution in [0.25, 0.3) is 6.08 Å². The molecule has 0 aliphatic heterocycles. The first kappa shape index (κ1) is 24.5. The molecule has 0 saturated carbocycles. The zero-order chi connectivity index (χ0) is 23.8. The molecule has 2 aromatic rings. The van der Waals surface area contributed by atoms with Gasteiger partial charge in [0.1, 0.15) is 11.3 Å². The molecule has 0 atom stereocenters. The minimum absolute atomic E-state index is 0.176. The van der Waals surface area contributed by atoms with Crippen LogP contribution in [0.1, 0.15) is 15.9 Å². The van der Waals surface area contributed by atoms with Crippen molar-refractivity contribution in [3.8, 4) is 46.0 Å². The van der Waals surface area contributed by atoms with Gasteiger partial charge in [0.05, 0.1) is 56.9 Å². The molecule has 9 heteroatoms. The van der Waals surface area contributed by atoms with Crippen molar-refractivity contribution in [1.82, 2.24) is 0 Å². The maximum atomic E-state index is 13.2. The van der Waals surface area contributed by atoms with Crippen LogP contribution in [0.3, 0.4) is 0 Å². The Balaban J connectivity index is 2.64. The number of hydrogen-bond acceptors (Lipinski definition) is 9. The topological polar surface area (TPSA) is 90.9 Å². The van der Waals surface area contributed by atoms with Gasteiger partial charge in [0.2, 0.25) is 17.2 Å². The molecule has 0 radical (unpaired) electrons. The second kappa shape index (κ2) is 11.0. The Morgan fingerprint density at radius 1 is 0.562 bits per heavy atom. The van der Waals surface area contributed by atoms with Crippen molar-refractivity contribution < 1.29 is 42.7 Å². The van der Waals surface area contributed by atoms with E-state index in [4.69, 9.17) is 37.9 Å². The predicted molar refractivity (Wildman–Crippen MR) is 119 cm³/mol. The van der Waals surface area contributed by atoms with Crippen molar-refractivity contribution in [2.75, 3.05) is 56.9 Å². The number of ketones is 1. The molecule has 32 heavy (non-hydrogen) atoms. The number of carbonyl (C=O) groups is 1. The highest BCUT2D eigenvalue weighted by atomic mass is 16.5. The van der Waals surface area contributed by atoms with Gasteiger partial charge in [-0.05, 0) is 18.2 Å². The van der Waals surface area contributed by atoms with Crippen molar-refractivity contribution in [3.63, 3.8) is 0 Å². The average molecular weight is 448 g/mol. The van der Waals surface area contributed by atoms with Crippen molar-refractivity contribution in [3.05, 3.63) is 29.3 Å². The van der Waals surface area contributed by atoms with E-state index in [0.717, 1.165) is 0 Å². The Morgan fingerprint density at radius 2 is 1.03 bits per heavy atom. The van der Waals surface area contributed by atoms with E-state index in [1.807, 2.05) is 0 Å². The summed E-state index contributed by atoms with van der Waals surface area (Å²) in [5, 5.41) is 0. The monoisotopic (exact) mass is 448 g/mol. The number of ether oxygens (including phenoxy) is 8. The van der Waals surface area contributed by atoms with Crippen LogP contribution < -0.4 is 37.9 Å². The van der Waals surface area contributed by atoms with E-state index in [1.54, 1.807) is 18.2 Å². The van der Waals surface area contributed by atoms with Gasteiger partial charge in [0.15, 0.2) is 28.8 Å². The molecule has 2 aromatic carbocycles. The molecule has 0 heterocycles. The quantitative estimate of drug-likeness (QED) is 0.377. The van der Waals surface area contributed by atoms with Gasteiger partial charge in [-0.15, -0.1) is 0 Å². The summed E-state index contributed by atoms with van der Waals surface area (Å²) in [5.74, 6) is 2.21. The third-order valence-corrected chi connectivity index (χ3v) is 4.69. The number of carbonyl (C=O) groups excluding carboxylic acids is 1. The first-order chi connectivity index (χ1) is 15.4. The fourth-order valence-electron chi connectivity index (χ4n) is 3.26. The largest absolute Gasteiger partial charge is 0.496 e. The van der Waals surface area contributed by atoms with Crippen molar-refractivity contribution in [2.45, 2.75) is 0 Å². The van der Waals surface area contributed by atoms with Gasteiger partial charge in [-0.2, -0.15) is 0 Å². The van der Waals surface area contributed by atoms with Crippen molar-refractivity contribution >= 4 is 11.9 Å². The first-order valence-corrected chi connectivity index (χ1v) is 9.42. The normalized spacial score (nSPS) is 10.5. The molecular formula is C23H28O9. The Morgan fingerprint density at radius 3 is 1.50 bits per heavy atom. The lowest BCUT2D eigenvalue weighted by atomic mass is 10.0. The maximum absolute atomic E-state index is 13.2. The van der Waals surface area contributed by atoms with E-state index < -0.39 is 5.78 Å².